The van der Waals surface area contributed by atoms with E-state index in [1.165, 1.54) is 7.11 Å². The molecule has 0 aliphatic carbocycles. The molecule has 2 aromatic heterocycles. The Morgan fingerprint density at radius 1 is 1.33 bits per heavy atom. The number of nitrogens with one attached hydrogen (secondary N) is 1. The van der Waals surface area contributed by atoms with Crippen molar-refractivity contribution < 1.29 is 9.53 Å². The highest BCUT2D eigenvalue weighted by molar-refractivity contribution is 7.09. The fourth-order valence-corrected chi connectivity index (χ4v) is 2.99. The molecule has 124 valence electrons. The molecule has 0 radical (unpaired) electrons. The molecule has 0 unspecified atom stereocenters. The van der Waals surface area contributed by atoms with Crippen LogP contribution in [-0.2, 0) is 13.0 Å². The van der Waals surface area contributed by atoms with E-state index < -0.39 is 0 Å². The van der Waals surface area contributed by atoms with Crippen LogP contribution in [0.1, 0.15) is 28.1 Å². The maximum Gasteiger partial charge on any atom is 0.270 e. The minimum atomic E-state index is -0.222. The SMILES string of the molecule is CCc1nc(CNC(=O)c2cc(OC)nn2-c2ccccc2)cs1. The first kappa shape index (κ1) is 16.2. The predicted octanol–water partition coefficient (Wildman–Crippen LogP) is 2.83. The normalized spacial score (nSPS) is 10.6. The van der Waals surface area contributed by atoms with Crippen molar-refractivity contribution in [2.45, 2.75) is 19.9 Å². The molecule has 7 heteroatoms. The molecule has 1 amide bonds. The maximum atomic E-state index is 12.6. The zero-order valence-electron chi connectivity index (χ0n) is 13.5. The highest BCUT2D eigenvalue weighted by Gasteiger charge is 2.17. The maximum absolute atomic E-state index is 12.6. The lowest BCUT2D eigenvalue weighted by molar-refractivity contribution is 0.0942. The Labute approximate surface area is 144 Å². The van der Waals surface area contributed by atoms with Gasteiger partial charge in [-0.1, -0.05) is 25.1 Å². The summed E-state index contributed by atoms with van der Waals surface area (Å²) in [6.07, 6.45) is 0.899. The zero-order chi connectivity index (χ0) is 16.9. The van der Waals surface area contributed by atoms with Crippen molar-refractivity contribution in [3.05, 3.63) is 58.2 Å². The van der Waals surface area contributed by atoms with E-state index in [4.69, 9.17) is 4.74 Å². The molecule has 6 nitrogen and oxygen atoms in total. The smallest absolute Gasteiger partial charge is 0.270 e. The van der Waals surface area contributed by atoms with E-state index in [0.717, 1.165) is 22.8 Å². The molecule has 0 atom stereocenters. The van der Waals surface area contributed by atoms with Crippen LogP contribution >= 0.6 is 11.3 Å². The number of thiazole rings is 1. The van der Waals surface area contributed by atoms with Gasteiger partial charge in [-0.05, 0) is 18.6 Å². The number of carbonyl (C=O) groups is 1. The van der Waals surface area contributed by atoms with Crippen molar-refractivity contribution in [2.75, 3.05) is 7.11 Å². The highest BCUT2D eigenvalue weighted by Crippen LogP contribution is 2.17. The van der Waals surface area contributed by atoms with Crippen LogP contribution in [0, 0.1) is 0 Å². The summed E-state index contributed by atoms with van der Waals surface area (Å²) >= 11 is 1.60. The molecule has 0 saturated heterocycles. The van der Waals surface area contributed by atoms with Gasteiger partial charge in [0, 0.05) is 11.4 Å². The minimum absolute atomic E-state index is 0.222. The summed E-state index contributed by atoms with van der Waals surface area (Å²) < 4.78 is 6.74. The second kappa shape index (κ2) is 7.27. The van der Waals surface area contributed by atoms with Crippen LogP contribution in [0.2, 0.25) is 0 Å². The highest BCUT2D eigenvalue weighted by atomic mass is 32.1. The van der Waals surface area contributed by atoms with Crippen molar-refractivity contribution in [2.24, 2.45) is 0 Å². The summed E-state index contributed by atoms with van der Waals surface area (Å²) in [5.41, 5.74) is 2.08. The fourth-order valence-electron chi connectivity index (χ4n) is 2.24. The lowest BCUT2D eigenvalue weighted by Crippen LogP contribution is -2.25. The number of para-hydroxylation sites is 1. The minimum Gasteiger partial charge on any atom is -0.480 e. The number of carbonyl (C=O) groups excluding carboxylic acids is 1. The van der Waals surface area contributed by atoms with Gasteiger partial charge in [0.05, 0.1) is 30.0 Å². The van der Waals surface area contributed by atoms with Gasteiger partial charge in [0.2, 0.25) is 5.88 Å². The molecule has 0 spiro atoms. The Morgan fingerprint density at radius 3 is 2.79 bits per heavy atom. The van der Waals surface area contributed by atoms with Crippen LogP contribution in [0.5, 0.6) is 5.88 Å². The summed E-state index contributed by atoms with van der Waals surface area (Å²) in [7, 11) is 1.53. The number of rotatable bonds is 6. The molecule has 0 aliphatic rings. The first-order valence-corrected chi connectivity index (χ1v) is 8.50. The third-order valence-electron chi connectivity index (χ3n) is 3.46. The summed E-state index contributed by atoms with van der Waals surface area (Å²) in [5.74, 6) is 0.173. The lowest BCUT2D eigenvalue weighted by Gasteiger charge is -2.07. The summed E-state index contributed by atoms with van der Waals surface area (Å²) in [4.78, 5) is 17.0. The molecule has 1 N–H and O–H groups in total. The monoisotopic (exact) mass is 342 g/mol. The van der Waals surface area contributed by atoms with Gasteiger partial charge >= 0.3 is 0 Å². The third kappa shape index (κ3) is 3.46. The van der Waals surface area contributed by atoms with E-state index in [0.29, 0.717) is 18.1 Å². The van der Waals surface area contributed by atoms with E-state index in [1.807, 2.05) is 35.7 Å². The van der Waals surface area contributed by atoms with Crippen LogP contribution in [0.15, 0.2) is 41.8 Å². The first-order valence-electron chi connectivity index (χ1n) is 7.62. The van der Waals surface area contributed by atoms with Crippen LogP contribution < -0.4 is 10.1 Å². The number of aromatic nitrogens is 3. The van der Waals surface area contributed by atoms with Crippen molar-refractivity contribution in [3.63, 3.8) is 0 Å². The first-order chi connectivity index (χ1) is 11.7. The van der Waals surface area contributed by atoms with Gasteiger partial charge in [0.1, 0.15) is 5.69 Å². The average Bonchev–Trinajstić information content (AvgIpc) is 3.27. The molecule has 0 bridgehead atoms. The van der Waals surface area contributed by atoms with E-state index in [9.17, 15) is 4.79 Å². The van der Waals surface area contributed by atoms with Gasteiger partial charge in [0.15, 0.2) is 0 Å². The molecule has 0 fully saturated rings. The van der Waals surface area contributed by atoms with Gasteiger partial charge in [-0.3, -0.25) is 4.79 Å². The Bertz CT molecular complexity index is 826. The molecule has 3 aromatic rings. The molecule has 1 aromatic carbocycles. The number of methoxy groups -OCH3 is 1. The number of hydrogen-bond donors (Lipinski definition) is 1. The molecule has 0 saturated carbocycles. The molecule has 24 heavy (non-hydrogen) atoms. The van der Waals surface area contributed by atoms with Crippen molar-refractivity contribution in [3.8, 4) is 11.6 Å². The summed E-state index contributed by atoms with van der Waals surface area (Å²) in [6, 6.07) is 11.1. The van der Waals surface area contributed by atoms with E-state index in [2.05, 4.69) is 22.3 Å². The van der Waals surface area contributed by atoms with E-state index in [-0.39, 0.29) is 5.91 Å². The fraction of sp³-hybridized carbons (Fsp3) is 0.235. The molecular formula is C17H18N4O2S. The van der Waals surface area contributed by atoms with Gasteiger partial charge < -0.3 is 10.1 Å². The Kier molecular flexibility index (Phi) is 4.90. The van der Waals surface area contributed by atoms with Crippen LogP contribution in [-0.4, -0.2) is 27.8 Å². The van der Waals surface area contributed by atoms with E-state index >= 15 is 0 Å². The van der Waals surface area contributed by atoms with Gasteiger partial charge in [-0.15, -0.1) is 16.4 Å². The van der Waals surface area contributed by atoms with Gasteiger partial charge in [0.25, 0.3) is 5.91 Å². The molecule has 2 heterocycles. The molecule has 3 rings (SSSR count). The largest absolute Gasteiger partial charge is 0.480 e. The number of amides is 1. The second-order valence-electron chi connectivity index (χ2n) is 5.09. The Balaban J connectivity index is 1.80. The van der Waals surface area contributed by atoms with E-state index in [1.54, 1.807) is 22.1 Å². The third-order valence-corrected chi connectivity index (χ3v) is 4.50. The van der Waals surface area contributed by atoms with Crippen LogP contribution in [0.3, 0.4) is 0 Å². The average molecular weight is 342 g/mol. The second-order valence-corrected chi connectivity index (χ2v) is 6.03. The van der Waals surface area contributed by atoms with Gasteiger partial charge in [-0.2, -0.15) is 0 Å². The topological polar surface area (TPSA) is 69.0 Å². The van der Waals surface area contributed by atoms with Crippen LogP contribution in [0.25, 0.3) is 5.69 Å². The summed E-state index contributed by atoms with van der Waals surface area (Å²) in [6.45, 7) is 2.45. The van der Waals surface area contributed by atoms with Crippen molar-refractivity contribution in [1.82, 2.24) is 20.1 Å². The number of ether oxygens (including phenoxy) is 1. The Hall–Kier alpha value is -2.67. The van der Waals surface area contributed by atoms with Crippen LogP contribution in [0.4, 0.5) is 0 Å². The number of benzene rings is 1. The molecular weight excluding hydrogens is 324 g/mol. The standard InChI is InChI=1S/C17H18N4O2S/c1-3-16-19-12(11-24-16)10-18-17(22)14-9-15(23-2)20-21(14)13-7-5-4-6-8-13/h4-9,11H,3,10H2,1-2H3,(H,18,22). The summed E-state index contributed by atoms with van der Waals surface area (Å²) in [5, 5.41) is 10.2. The zero-order valence-corrected chi connectivity index (χ0v) is 14.3. The predicted molar refractivity (Wildman–Crippen MR) is 92.8 cm³/mol. The van der Waals surface area contributed by atoms with Crippen molar-refractivity contribution in [1.29, 1.82) is 0 Å². The number of hydrogen-bond acceptors (Lipinski definition) is 5. The number of nitrogens with zero attached hydrogens (tertiary/aromatic N) is 3. The van der Waals surface area contributed by atoms with Crippen molar-refractivity contribution >= 4 is 17.2 Å². The van der Waals surface area contributed by atoms with Gasteiger partial charge in [-0.25, -0.2) is 9.67 Å². The molecule has 0 aliphatic heterocycles. The lowest BCUT2D eigenvalue weighted by atomic mass is 10.3. The quantitative estimate of drug-likeness (QED) is 0.748. The number of aryl methyl sites for hydroxylation is 1. The Morgan fingerprint density at radius 2 is 2.12 bits per heavy atom.